The Morgan fingerprint density at radius 3 is 2.36 bits per heavy atom. The van der Waals surface area contributed by atoms with E-state index in [-0.39, 0.29) is 5.91 Å². The number of hydrogen-bond donors (Lipinski definition) is 3. The van der Waals surface area contributed by atoms with E-state index < -0.39 is 11.6 Å². The summed E-state index contributed by atoms with van der Waals surface area (Å²) in [7, 11) is 0. The summed E-state index contributed by atoms with van der Waals surface area (Å²) in [6.45, 7) is 1.72. The third-order valence-corrected chi connectivity index (χ3v) is 5.29. The zero-order valence-corrected chi connectivity index (χ0v) is 17.9. The number of amides is 1. The zero-order chi connectivity index (χ0) is 23.4. The lowest BCUT2D eigenvalue weighted by Crippen LogP contribution is -2.14. The summed E-state index contributed by atoms with van der Waals surface area (Å²) in [5.41, 5.74) is 2.09. The molecule has 1 aromatic carbocycles. The van der Waals surface area contributed by atoms with Crippen LogP contribution >= 0.6 is 11.5 Å². The van der Waals surface area contributed by atoms with E-state index in [0.29, 0.717) is 44.8 Å². The number of carbonyl (C=O) groups is 1. The van der Waals surface area contributed by atoms with Gasteiger partial charge in [-0.2, -0.15) is 9.64 Å². The largest absolute Gasteiger partial charge is 0.340 e. The Hall–Kier alpha value is -4.43. The van der Waals surface area contributed by atoms with Crippen LogP contribution in [0.15, 0.2) is 54.9 Å². The molecule has 0 aliphatic rings. The minimum absolute atomic E-state index is 0.338. The van der Waals surface area contributed by atoms with Gasteiger partial charge < -0.3 is 16.0 Å². The molecular formula is C22H15F2N7OS. The van der Waals surface area contributed by atoms with Crippen molar-refractivity contribution in [2.75, 3.05) is 16.0 Å². The first-order valence-corrected chi connectivity index (χ1v) is 10.3. The molecule has 3 heterocycles. The van der Waals surface area contributed by atoms with Crippen LogP contribution in [0.3, 0.4) is 0 Å². The van der Waals surface area contributed by atoms with Gasteiger partial charge in [0.25, 0.3) is 5.91 Å². The van der Waals surface area contributed by atoms with Crippen molar-refractivity contribution in [1.82, 2.24) is 14.3 Å². The number of benzene rings is 1. The van der Waals surface area contributed by atoms with Crippen LogP contribution in [0.1, 0.15) is 21.6 Å². The molecule has 3 N–H and O–H groups in total. The number of hydrogen-bond acceptors (Lipinski definition) is 8. The van der Waals surface area contributed by atoms with Crippen molar-refractivity contribution >= 4 is 45.5 Å². The molecule has 0 bridgehead atoms. The number of anilines is 5. The molecule has 0 fully saturated rings. The summed E-state index contributed by atoms with van der Waals surface area (Å²) in [6.07, 6.45) is 2.86. The van der Waals surface area contributed by atoms with Crippen LogP contribution in [0.25, 0.3) is 0 Å². The predicted molar refractivity (Wildman–Crippen MR) is 121 cm³/mol. The lowest BCUT2D eigenvalue weighted by Gasteiger charge is -2.09. The van der Waals surface area contributed by atoms with Gasteiger partial charge in [-0.1, -0.05) is 0 Å². The van der Waals surface area contributed by atoms with Crippen molar-refractivity contribution in [3.8, 4) is 6.07 Å². The second-order valence-corrected chi connectivity index (χ2v) is 7.55. The number of halogens is 2. The van der Waals surface area contributed by atoms with Crippen LogP contribution in [-0.2, 0) is 0 Å². The lowest BCUT2D eigenvalue weighted by molar-refractivity contribution is 0.102. The molecule has 1 amide bonds. The quantitative estimate of drug-likeness (QED) is 0.363. The standard InChI is InChI=1S/C22H15F2N7OS/c1-12-20(22(33-31-12)30-19-6-2-13(9-25)10-26-19)21(32)29-15-4-7-18(27-11-15)28-14-3-5-16(23)17(24)8-14/h2-8,10-11H,1H3,(H,26,30)(H,27,28)(H,29,32). The summed E-state index contributed by atoms with van der Waals surface area (Å²) in [5, 5.41) is 18.1. The molecule has 4 rings (SSSR count). The van der Waals surface area contributed by atoms with Crippen molar-refractivity contribution in [2.24, 2.45) is 0 Å². The van der Waals surface area contributed by atoms with E-state index in [0.717, 1.165) is 23.7 Å². The van der Waals surface area contributed by atoms with E-state index >= 15 is 0 Å². The molecule has 0 aliphatic heterocycles. The third-order valence-electron chi connectivity index (χ3n) is 4.44. The fourth-order valence-electron chi connectivity index (χ4n) is 2.83. The van der Waals surface area contributed by atoms with Gasteiger partial charge in [-0.05, 0) is 54.9 Å². The summed E-state index contributed by atoms with van der Waals surface area (Å²) < 4.78 is 30.6. The van der Waals surface area contributed by atoms with Gasteiger partial charge in [-0.25, -0.2) is 18.7 Å². The van der Waals surface area contributed by atoms with Crippen LogP contribution in [-0.4, -0.2) is 20.2 Å². The van der Waals surface area contributed by atoms with Gasteiger partial charge in [0.2, 0.25) is 0 Å². The number of nitrogens with zero attached hydrogens (tertiary/aromatic N) is 4. The second kappa shape index (κ2) is 9.37. The number of nitriles is 1. The molecule has 3 aromatic heterocycles. The molecular weight excluding hydrogens is 448 g/mol. The van der Waals surface area contributed by atoms with Crippen LogP contribution in [0.4, 0.5) is 36.8 Å². The van der Waals surface area contributed by atoms with Crippen LogP contribution in [0, 0.1) is 29.9 Å². The summed E-state index contributed by atoms with van der Waals surface area (Å²) in [5.74, 6) is -1.43. The Morgan fingerprint density at radius 2 is 1.70 bits per heavy atom. The molecule has 0 aliphatic carbocycles. The first kappa shape index (κ1) is 21.8. The highest BCUT2D eigenvalue weighted by Gasteiger charge is 2.19. The molecule has 33 heavy (non-hydrogen) atoms. The number of rotatable bonds is 6. The van der Waals surface area contributed by atoms with E-state index in [1.807, 2.05) is 6.07 Å². The highest BCUT2D eigenvalue weighted by Crippen LogP contribution is 2.28. The summed E-state index contributed by atoms with van der Waals surface area (Å²) in [6, 6.07) is 11.9. The minimum atomic E-state index is -0.968. The van der Waals surface area contributed by atoms with Gasteiger partial charge in [0.15, 0.2) is 11.6 Å². The van der Waals surface area contributed by atoms with Crippen molar-refractivity contribution in [3.05, 3.63) is 83.3 Å². The molecule has 0 saturated carbocycles. The maximum Gasteiger partial charge on any atom is 0.260 e. The summed E-state index contributed by atoms with van der Waals surface area (Å²) >= 11 is 1.12. The number of aromatic nitrogens is 3. The monoisotopic (exact) mass is 463 g/mol. The highest BCUT2D eigenvalue weighted by atomic mass is 32.1. The Balaban J connectivity index is 1.45. The first-order chi connectivity index (χ1) is 15.9. The van der Waals surface area contributed by atoms with Gasteiger partial charge in [0, 0.05) is 18.0 Å². The SMILES string of the molecule is Cc1nsc(Nc2ccc(C#N)cn2)c1C(=O)Nc1ccc(Nc2ccc(F)c(F)c2)nc1. The Bertz CT molecular complexity index is 1350. The molecule has 0 spiro atoms. The van der Waals surface area contributed by atoms with Crippen molar-refractivity contribution < 1.29 is 13.6 Å². The molecule has 0 saturated heterocycles. The second-order valence-electron chi connectivity index (χ2n) is 6.78. The lowest BCUT2D eigenvalue weighted by atomic mass is 10.2. The molecule has 0 atom stereocenters. The van der Waals surface area contributed by atoms with E-state index in [4.69, 9.17) is 5.26 Å². The Kier molecular flexibility index (Phi) is 6.19. The number of nitrogens with one attached hydrogen (secondary N) is 3. The van der Waals surface area contributed by atoms with Crippen LogP contribution in [0.2, 0.25) is 0 Å². The Labute approximate surface area is 191 Å². The maximum atomic E-state index is 13.4. The first-order valence-electron chi connectivity index (χ1n) is 9.52. The highest BCUT2D eigenvalue weighted by molar-refractivity contribution is 7.10. The van der Waals surface area contributed by atoms with Gasteiger partial charge in [0.05, 0.1) is 28.7 Å². The third kappa shape index (κ3) is 5.08. The molecule has 8 nitrogen and oxygen atoms in total. The normalized spacial score (nSPS) is 10.4. The summed E-state index contributed by atoms with van der Waals surface area (Å²) in [4.78, 5) is 21.2. The zero-order valence-electron chi connectivity index (χ0n) is 17.1. The molecule has 0 unspecified atom stereocenters. The predicted octanol–water partition coefficient (Wildman–Crippen LogP) is 5.13. The van der Waals surface area contributed by atoms with Gasteiger partial charge >= 0.3 is 0 Å². The maximum absolute atomic E-state index is 13.4. The van der Waals surface area contributed by atoms with Crippen molar-refractivity contribution in [1.29, 1.82) is 5.26 Å². The van der Waals surface area contributed by atoms with E-state index in [1.165, 1.54) is 18.5 Å². The van der Waals surface area contributed by atoms with Crippen molar-refractivity contribution in [2.45, 2.75) is 6.92 Å². The number of aryl methyl sites for hydroxylation is 1. The minimum Gasteiger partial charge on any atom is -0.340 e. The van der Waals surface area contributed by atoms with E-state index in [9.17, 15) is 13.6 Å². The molecule has 4 aromatic rings. The van der Waals surface area contributed by atoms with Crippen LogP contribution in [0.5, 0.6) is 0 Å². The number of carbonyl (C=O) groups excluding carboxylic acids is 1. The average Bonchev–Trinajstić information content (AvgIpc) is 3.18. The topological polar surface area (TPSA) is 116 Å². The van der Waals surface area contributed by atoms with Crippen molar-refractivity contribution in [3.63, 3.8) is 0 Å². The van der Waals surface area contributed by atoms with E-state index in [1.54, 1.807) is 31.2 Å². The smallest absolute Gasteiger partial charge is 0.260 e. The molecule has 11 heteroatoms. The Morgan fingerprint density at radius 1 is 0.970 bits per heavy atom. The fourth-order valence-corrected chi connectivity index (χ4v) is 3.63. The van der Waals surface area contributed by atoms with Crippen LogP contribution < -0.4 is 16.0 Å². The molecule has 164 valence electrons. The molecule has 0 radical (unpaired) electrons. The fraction of sp³-hybridized carbons (Fsp3) is 0.0455. The van der Waals surface area contributed by atoms with Gasteiger partial charge in [0.1, 0.15) is 22.7 Å². The van der Waals surface area contributed by atoms with Gasteiger partial charge in [-0.3, -0.25) is 4.79 Å². The number of pyridine rings is 2. The van der Waals surface area contributed by atoms with Gasteiger partial charge in [-0.15, -0.1) is 0 Å². The van der Waals surface area contributed by atoms with E-state index in [2.05, 4.69) is 30.3 Å². The average molecular weight is 463 g/mol.